The van der Waals surface area contributed by atoms with Gasteiger partial charge in [0.1, 0.15) is 5.78 Å². The molecule has 2 heteroatoms. The Morgan fingerprint density at radius 1 is 0.793 bits per heavy atom. The molecule has 0 rings (SSSR count). The zero-order valence-electron chi connectivity index (χ0n) is 23.0. The molecule has 0 saturated carbocycles. The van der Waals surface area contributed by atoms with E-state index in [1.54, 1.807) is 0 Å². The number of carbonyl (C=O) groups excluding carboxylic acids is 1. The maximum absolute atomic E-state index is 11.6. The first kappa shape index (κ1) is 33.3. The maximum Gasteiger partial charge on any atom is 0.140 e. The molecule has 0 atom stereocenters. The summed E-state index contributed by atoms with van der Waals surface area (Å²) in [4.78, 5) is 11.6. The van der Waals surface area contributed by atoms with E-state index in [1.165, 1.54) is 25.7 Å². The summed E-state index contributed by atoms with van der Waals surface area (Å²) < 4.78 is 0. The highest BCUT2D eigenvalue weighted by Crippen LogP contribution is 2.30. The lowest BCUT2D eigenvalue weighted by molar-refractivity contribution is -0.130. The molecule has 2 nitrogen and oxygen atoms in total. The number of nitrogens with one attached hydrogen (secondary N) is 1. The molecule has 0 amide bonds. The Kier molecular flexibility index (Phi) is 18.7. The minimum atomic E-state index is -0.108. The third-order valence-corrected chi connectivity index (χ3v) is 5.20. The predicted molar refractivity (Wildman–Crippen MR) is 135 cm³/mol. The smallest absolute Gasteiger partial charge is 0.140 e. The standard InChI is InChI=1S/C15H33N.C10H20O.C2H6/c1-13(2)16-12-11-15(6,7)10-8-9-14(3,4)5;1-6-7-10(4,5)9(11)8(2)3;1-2/h13,16H,8-12H2,1-7H3;8H,6-7H2,1-5H3;1-2H3. The van der Waals surface area contributed by atoms with Crippen LogP contribution in [0.5, 0.6) is 0 Å². The Morgan fingerprint density at radius 2 is 1.28 bits per heavy atom. The zero-order valence-corrected chi connectivity index (χ0v) is 23.0. The van der Waals surface area contributed by atoms with E-state index in [0.29, 0.717) is 22.7 Å². The molecule has 0 aliphatic rings. The van der Waals surface area contributed by atoms with Crippen LogP contribution in [0, 0.1) is 22.2 Å². The summed E-state index contributed by atoms with van der Waals surface area (Å²) in [5.41, 5.74) is 0.877. The lowest BCUT2D eigenvalue weighted by atomic mass is 9.79. The first-order valence-corrected chi connectivity index (χ1v) is 12.3. The van der Waals surface area contributed by atoms with Gasteiger partial charge in [0.05, 0.1) is 0 Å². The molecule has 0 spiro atoms. The molecule has 0 aliphatic heterocycles. The number of ketones is 1. The van der Waals surface area contributed by atoms with Crippen molar-refractivity contribution in [2.45, 2.75) is 141 Å². The van der Waals surface area contributed by atoms with Gasteiger partial charge in [-0.1, -0.05) is 110 Å². The summed E-state index contributed by atoms with van der Waals surface area (Å²) in [6.07, 6.45) is 7.43. The van der Waals surface area contributed by atoms with E-state index in [-0.39, 0.29) is 11.3 Å². The maximum atomic E-state index is 11.6. The van der Waals surface area contributed by atoms with E-state index in [1.807, 2.05) is 41.5 Å². The van der Waals surface area contributed by atoms with Crippen LogP contribution < -0.4 is 5.32 Å². The van der Waals surface area contributed by atoms with Crippen LogP contribution in [0.3, 0.4) is 0 Å². The number of Topliss-reactive ketones (excluding diaryl/α,β-unsaturated/α-hetero) is 1. The fraction of sp³-hybridized carbons (Fsp3) is 0.963. The van der Waals surface area contributed by atoms with Gasteiger partial charge in [-0.3, -0.25) is 4.79 Å². The summed E-state index contributed by atoms with van der Waals surface area (Å²) in [6, 6.07) is 0.616. The first-order valence-electron chi connectivity index (χ1n) is 12.3. The van der Waals surface area contributed by atoms with Gasteiger partial charge in [0.15, 0.2) is 0 Å². The number of carbonyl (C=O) groups is 1. The van der Waals surface area contributed by atoms with Crippen molar-refractivity contribution in [3.63, 3.8) is 0 Å². The zero-order chi connectivity index (χ0) is 23.9. The van der Waals surface area contributed by atoms with Crippen molar-refractivity contribution in [2.24, 2.45) is 22.2 Å². The van der Waals surface area contributed by atoms with E-state index in [4.69, 9.17) is 0 Å². The van der Waals surface area contributed by atoms with Gasteiger partial charge in [0, 0.05) is 17.4 Å². The number of rotatable bonds is 11. The van der Waals surface area contributed by atoms with Gasteiger partial charge in [-0.15, -0.1) is 0 Å². The quantitative estimate of drug-likeness (QED) is 0.367. The second-order valence-corrected chi connectivity index (χ2v) is 11.6. The third-order valence-electron chi connectivity index (χ3n) is 5.20. The van der Waals surface area contributed by atoms with E-state index in [2.05, 4.69) is 60.7 Å². The van der Waals surface area contributed by atoms with Crippen LogP contribution in [-0.4, -0.2) is 18.4 Å². The lowest BCUT2D eigenvalue weighted by Crippen LogP contribution is -2.28. The van der Waals surface area contributed by atoms with Gasteiger partial charge in [0.2, 0.25) is 0 Å². The topological polar surface area (TPSA) is 29.1 Å². The van der Waals surface area contributed by atoms with Crippen molar-refractivity contribution in [1.29, 1.82) is 0 Å². The second-order valence-electron chi connectivity index (χ2n) is 11.6. The molecule has 0 aromatic heterocycles. The van der Waals surface area contributed by atoms with Gasteiger partial charge < -0.3 is 5.32 Å². The fourth-order valence-electron chi connectivity index (χ4n) is 3.45. The van der Waals surface area contributed by atoms with Crippen molar-refractivity contribution in [3.8, 4) is 0 Å². The molecule has 0 fully saturated rings. The molecule has 0 heterocycles. The van der Waals surface area contributed by atoms with Gasteiger partial charge >= 0.3 is 0 Å². The molecule has 1 N–H and O–H groups in total. The molecule has 0 aromatic rings. The van der Waals surface area contributed by atoms with Gasteiger partial charge in [-0.25, -0.2) is 0 Å². The van der Waals surface area contributed by atoms with E-state index >= 15 is 0 Å². The van der Waals surface area contributed by atoms with Crippen LogP contribution in [-0.2, 0) is 4.79 Å². The van der Waals surface area contributed by atoms with Gasteiger partial charge in [-0.2, -0.15) is 0 Å². The minimum Gasteiger partial charge on any atom is -0.315 e. The summed E-state index contributed by atoms with van der Waals surface area (Å²) in [6.45, 7) is 31.5. The Balaban J connectivity index is -0.000000454. The van der Waals surface area contributed by atoms with Gasteiger partial charge in [0.25, 0.3) is 0 Å². The van der Waals surface area contributed by atoms with E-state index < -0.39 is 0 Å². The van der Waals surface area contributed by atoms with Crippen molar-refractivity contribution >= 4 is 5.78 Å². The third kappa shape index (κ3) is 22.1. The highest BCUT2D eigenvalue weighted by molar-refractivity contribution is 5.85. The number of hydrogen-bond donors (Lipinski definition) is 1. The van der Waals surface area contributed by atoms with Gasteiger partial charge in [-0.05, 0) is 43.1 Å². The fourth-order valence-corrected chi connectivity index (χ4v) is 3.45. The Labute approximate surface area is 186 Å². The second kappa shape index (κ2) is 16.3. The molecular formula is C27H59NO. The normalized spacial score (nSPS) is 12.3. The molecule has 178 valence electrons. The van der Waals surface area contributed by atoms with E-state index in [9.17, 15) is 4.79 Å². The van der Waals surface area contributed by atoms with Crippen molar-refractivity contribution in [1.82, 2.24) is 5.32 Å². The van der Waals surface area contributed by atoms with Crippen LogP contribution in [0.4, 0.5) is 0 Å². The SMILES string of the molecule is CC.CC(C)NCCC(C)(C)CCCC(C)(C)C.CCCC(C)(C)C(=O)C(C)C. The summed E-state index contributed by atoms with van der Waals surface area (Å²) >= 11 is 0. The highest BCUT2D eigenvalue weighted by atomic mass is 16.1. The Hall–Kier alpha value is -0.370. The molecule has 0 radical (unpaired) electrons. The van der Waals surface area contributed by atoms with Crippen molar-refractivity contribution in [2.75, 3.05) is 6.54 Å². The molecule has 29 heavy (non-hydrogen) atoms. The summed E-state index contributed by atoms with van der Waals surface area (Å²) in [5.74, 6) is 0.566. The predicted octanol–water partition coefficient (Wildman–Crippen LogP) is 8.68. The largest absolute Gasteiger partial charge is 0.315 e. The van der Waals surface area contributed by atoms with Crippen LogP contribution in [0.25, 0.3) is 0 Å². The van der Waals surface area contributed by atoms with Crippen LogP contribution in [0.2, 0.25) is 0 Å². The average molecular weight is 414 g/mol. The lowest BCUT2D eigenvalue weighted by Gasteiger charge is -2.27. The van der Waals surface area contributed by atoms with Crippen LogP contribution in [0.1, 0.15) is 135 Å². The minimum absolute atomic E-state index is 0.108. The monoisotopic (exact) mass is 413 g/mol. The molecule has 0 bridgehead atoms. The molecule has 0 aromatic carbocycles. The molecular weight excluding hydrogens is 354 g/mol. The number of hydrogen-bond acceptors (Lipinski definition) is 2. The van der Waals surface area contributed by atoms with Crippen molar-refractivity contribution < 1.29 is 4.79 Å². The summed E-state index contributed by atoms with van der Waals surface area (Å²) in [5, 5.41) is 3.51. The summed E-state index contributed by atoms with van der Waals surface area (Å²) in [7, 11) is 0. The average Bonchev–Trinajstić information content (AvgIpc) is 2.54. The highest BCUT2D eigenvalue weighted by Gasteiger charge is 2.27. The molecule has 0 aliphatic carbocycles. The van der Waals surface area contributed by atoms with E-state index in [0.717, 1.165) is 19.4 Å². The molecule has 0 unspecified atom stereocenters. The first-order chi connectivity index (χ1) is 13.0. The van der Waals surface area contributed by atoms with Crippen LogP contribution in [0.15, 0.2) is 0 Å². The van der Waals surface area contributed by atoms with Crippen molar-refractivity contribution in [3.05, 3.63) is 0 Å². The Morgan fingerprint density at radius 3 is 1.62 bits per heavy atom. The molecule has 0 saturated heterocycles. The Bertz CT molecular complexity index is 386. The van der Waals surface area contributed by atoms with Crippen LogP contribution >= 0.6 is 0 Å².